The molecule has 0 saturated carbocycles. The highest BCUT2D eigenvalue weighted by molar-refractivity contribution is 6.09. The van der Waals surface area contributed by atoms with Crippen molar-refractivity contribution in [1.82, 2.24) is 10.5 Å². The smallest absolute Gasteiger partial charge is 0.280 e. The fraction of sp³-hybridized carbons (Fsp3) is 0.350. The lowest BCUT2D eigenvalue weighted by molar-refractivity contribution is -0.128. The summed E-state index contributed by atoms with van der Waals surface area (Å²) in [6.07, 6.45) is 2.51. The molecule has 1 amide bonds. The van der Waals surface area contributed by atoms with Crippen molar-refractivity contribution in [3.63, 3.8) is 0 Å². The van der Waals surface area contributed by atoms with Gasteiger partial charge in [-0.15, -0.1) is 0 Å². The lowest BCUT2D eigenvalue weighted by atomic mass is 9.93. The number of halogens is 1. The van der Waals surface area contributed by atoms with Gasteiger partial charge in [0, 0.05) is 23.0 Å². The topological polar surface area (TPSA) is 101 Å². The predicted octanol–water partition coefficient (Wildman–Crippen LogP) is 2.75. The number of unbranched alkanes of at least 4 members (excludes halogenated alkanes) is 2. The number of benzene rings is 1. The molecule has 2 aromatic rings. The first-order chi connectivity index (χ1) is 13.4. The molecule has 0 fully saturated rings. The Morgan fingerprint density at radius 2 is 2.18 bits per heavy atom. The second-order valence-electron chi connectivity index (χ2n) is 6.57. The summed E-state index contributed by atoms with van der Waals surface area (Å²) in [5.74, 6) is -1.91. The largest absolute Gasteiger partial charge is 0.446 e. The van der Waals surface area contributed by atoms with Crippen LogP contribution in [0.15, 0.2) is 35.6 Å². The highest BCUT2D eigenvalue weighted by atomic mass is 19.1. The summed E-state index contributed by atoms with van der Waals surface area (Å²) in [4.78, 5) is 31.7. The molecular formula is C20H21FN2O5. The maximum Gasteiger partial charge on any atom is 0.280 e. The van der Waals surface area contributed by atoms with Crippen LogP contribution in [0, 0.1) is 5.82 Å². The first-order valence-electron chi connectivity index (χ1n) is 8.97. The summed E-state index contributed by atoms with van der Waals surface area (Å²) < 4.78 is 19.0. The molecular weight excluding hydrogens is 367 g/mol. The van der Waals surface area contributed by atoms with Gasteiger partial charge in [-0.3, -0.25) is 9.63 Å². The number of ether oxygens (including phenoxy) is 1. The molecule has 1 atom stereocenters. The van der Waals surface area contributed by atoms with Gasteiger partial charge in [-0.1, -0.05) is 19.8 Å². The van der Waals surface area contributed by atoms with E-state index in [2.05, 4.69) is 15.3 Å². The second-order valence-corrected chi connectivity index (χ2v) is 6.57. The van der Waals surface area contributed by atoms with Crippen molar-refractivity contribution in [3.8, 4) is 0 Å². The van der Waals surface area contributed by atoms with Crippen LogP contribution in [0.25, 0.3) is 16.5 Å². The number of carbonyl (C=O) groups is 1. The van der Waals surface area contributed by atoms with E-state index in [1.165, 1.54) is 19.2 Å². The molecule has 7 nitrogen and oxygen atoms in total. The van der Waals surface area contributed by atoms with Gasteiger partial charge in [0.05, 0.1) is 12.7 Å². The van der Waals surface area contributed by atoms with Crippen molar-refractivity contribution in [3.05, 3.63) is 47.1 Å². The Morgan fingerprint density at radius 1 is 1.39 bits per heavy atom. The molecule has 3 rings (SSSR count). The summed E-state index contributed by atoms with van der Waals surface area (Å²) in [6, 6.07) is 5.76. The summed E-state index contributed by atoms with van der Waals surface area (Å²) in [5.41, 5.74) is 3.00. The number of hydrogen-bond donors (Lipinski definition) is 3. The monoisotopic (exact) mass is 388 g/mol. The molecule has 0 saturated heterocycles. The Kier molecular flexibility index (Phi) is 5.65. The Labute approximate surface area is 160 Å². The van der Waals surface area contributed by atoms with E-state index in [1.807, 2.05) is 6.92 Å². The minimum atomic E-state index is -1.90. The molecule has 1 aromatic carbocycles. The number of H-pyrrole nitrogens is 1. The summed E-state index contributed by atoms with van der Waals surface area (Å²) in [7, 11) is 1.25. The van der Waals surface area contributed by atoms with Crippen LogP contribution in [0.5, 0.6) is 0 Å². The van der Waals surface area contributed by atoms with Crippen LogP contribution in [0.4, 0.5) is 4.39 Å². The molecule has 2 heterocycles. The van der Waals surface area contributed by atoms with Crippen molar-refractivity contribution in [2.75, 3.05) is 7.11 Å². The lowest BCUT2D eigenvalue weighted by Gasteiger charge is -2.25. The van der Waals surface area contributed by atoms with Gasteiger partial charge in [0.2, 0.25) is 11.5 Å². The third-order valence-electron chi connectivity index (χ3n) is 4.62. The van der Waals surface area contributed by atoms with Crippen LogP contribution in [-0.4, -0.2) is 34.8 Å². The molecule has 0 bridgehead atoms. The minimum Gasteiger partial charge on any atom is -0.446 e. The number of carbonyl (C=O) groups excluding carboxylic acids is 2. The second kappa shape index (κ2) is 7.98. The van der Waals surface area contributed by atoms with E-state index in [0.717, 1.165) is 12.8 Å². The summed E-state index contributed by atoms with van der Waals surface area (Å²) in [5, 5.41) is 11.8. The van der Waals surface area contributed by atoms with E-state index in [-0.39, 0.29) is 17.6 Å². The number of amides is 1. The van der Waals surface area contributed by atoms with Gasteiger partial charge in [-0.2, -0.15) is 0 Å². The van der Waals surface area contributed by atoms with E-state index < -0.39 is 23.3 Å². The zero-order valence-corrected chi connectivity index (χ0v) is 15.6. The summed E-state index contributed by atoms with van der Waals surface area (Å²) >= 11 is 0. The van der Waals surface area contributed by atoms with Gasteiger partial charge in [0.1, 0.15) is 11.4 Å². The van der Waals surface area contributed by atoms with Crippen molar-refractivity contribution >= 4 is 28.3 Å². The molecule has 1 unspecified atom stereocenters. The van der Waals surface area contributed by atoms with E-state index >= 15 is 0 Å². The van der Waals surface area contributed by atoms with Crippen LogP contribution in [0.1, 0.15) is 38.3 Å². The van der Waals surface area contributed by atoms with Crippen molar-refractivity contribution in [2.45, 2.75) is 38.4 Å². The van der Waals surface area contributed by atoms with E-state index in [0.29, 0.717) is 23.0 Å². The molecule has 148 valence electrons. The Morgan fingerprint density at radius 3 is 2.86 bits per heavy atom. The number of aliphatic hydroxyl groups is 1. The van der Waals surface area contributed by atoms with Crippen molar-refractivity contribution < 1.29 is 28.7 Å². The number of nitrogens with one attached hydrogen (secondary N) is 2. The fourth-order valence-electron chi connectivity index (χ4n) is 3.39. The van der Waals surface area contributed by atoms with Crippen LogP contribution < -0.4 is 5.48 Å². The molecule has 0 radical (unpaired) electrons. The first kappa shape index (κ1) is 19.8. The molecule has 1 aliphatic rings. The number of fused-ring (bicyclic) bond motifs is 1. The average molecular weight is 388 g/mol. The molecule has 28 heavy (non-hydrogen) atoms. The number of hydroxylamine groups is 1. The number of hydrogen-bond acceptors (Lipinski definition) is 5. The van der Waals surface area contributed by atoms with Gasteiger partial charge in [0.25, 0.3) is 5.91 Å². The van der Waals surface area contributed by atoms with Crippen LogP contribution in [0.2, 0.25) is 0 Å². The highest BCUT2D eigenvalue weighted by Gasteiger charge is 2.48. The SMILES string of the molecule is CCCCCC1(O)OC(=C=O)C(C(=O)NOC)=C1c1cc2cc(F)ccc2[nH]1. The molecule has 0 aliphatic carbocycles. The van der Waals surface area contributed by atoms with Crippen molar-refractivity contribution in [2.24, 2.45) is 0 Å². The Hall–Kier alpha value is -2.93. The maximum absolute atomic E-state index is 13.6. The predicted molar refractivity (Wildman–Crippen MR) is 99.7 cm³/mol. The van der Waals surface area contributed by atoms with Gasteiger partial charge in [0.15, 0.2) is 5.94 Å². The maximum atomic E-state index is 13.6. The van der Waals surface area contributed by atoms with E-state index in [1.54, 1.807) is 18.1 Å². The van der Waals surface area contributed by atoms with Crippen LogP contribution in [0.3, 0.4) is 0 Å². The molecule has 1 aliphatic heterocycles. The van der Waals surface area contributed by atoms with Gasteiger partial charge in [-0.05, 0) is 30.7 Å². The standard InChI is InChI=1S/C20H21FN2O5/c1-3-4-5-8-20(26)18(17(16(11-24)28-20)19(25)23-27-2)15-10-12-9-13(21)6-7-14(12)22-15/h6-7,9-10,22,26H,3-5,8H2,1-2H3,(H,23,25). The highest BCUT2D eigenvalue weighted by Crippen LogP contribution is 2.45. The average Bonchev–Trinajstić information content (AvgIpc) is 3.19. The number of rotatable bonds is 7. The van der Waals surface area contributed by atoms with Crippen molar-refractivity contribution in [1.29, 1.82) is 0 Å². The van der Waals surface area contributed by atoms with Gasteiger partial charge in [-0.25, -0.2) is 14.7 Å². The third kappa shape index (κ3) is 3.57. The van der Waals surface area contributed by atoms with Crippen LogP contribution in [-0.2, 0) is 19.2 Å². The van der Waals surface area contributed by atoms with E-state index in [4.69, 9.17) is 4.74 Å². The number of aromatic nitrogens is 1. The van der Waals surface area contributed by atoms with Gasteiger partial charge < -0.3 is 14.8 Å². The molecule has 3 N–H and O–H groups in total. The molecule has 0 spiro atoms. The third-order valence-corrected chi connectivity index (χ3v) is 4.62. The fourth-order valence-corrected chi connectivity index (χ4v) is 3.39. The molecule has 8 heteroatoms. The Balaban J connectivity index is 2.19. The van der Waals surface area contributed by atoms with Crippen LogP contribution >= 0.6 is 0 Å². The van der Waals surface area contributed by atoms with Gasteiger partial charge >= 0.3 is 0 Å². The quantitative estimate of drug-likeness (QED) is 0.385. The molecule has 1 aromatic heterocycles. The zero-order valence-electron chi connectivity index (χ0n) is 15.6. The minimum absolute atomic E-state index is 0.0908. The number of aromatic amines is 1. The Bertz CT molecular complexity index is 990. The lowest BCUT2D eigenvalue weighted by Crippen LogP contribution is -2.30. The first-order valence-corrected chi connectivity index (χ1v) is 8.97. The zero-order chi connectivity index (χ0) is 20.3. The normalized spacial score (nSPS) is 19.1. The summed E-state index contributed by atoms with van der Waals surface area (Å²) in [6.45, 7) is 2.01. The van der Waals surface area contributed by atoms with E-state index in [9.17, 15) is 19.1 Å².